The normalized spacial score (nSPS) is 20.3. The summed E-state index contributed by atoms with van der Waals surface area (Å²) >= 11 is 0. The molecule has 0 saturated heterocycles. The Labute approximate surface area is 57.6 Å². The zero-order valence-electron chi connectivity index (χ0n) is 6.19. The molecule has 0 aromatic carbocycles. The van der Waals surface area contributed by atoms with Crippen LogP contribution in [-0.4, -0.2) is 5.54 Å². The molecule has 9 heavy (non-hydrogen) atoms. The lowest BCUT2D eigenvalue weighted by Gasteiger charge is -2.25. The van der Waals surface area contributed by atoms with E-state index in [4.69, 9.17) is 5.73 Å². The SMILES string of the molecule is [CH2]CC(N)(CC)C1CC1. The molecule has 1 nitrogen and oxygen atoms in total. The van der Waals surface area contributed by atoms with Gasteiger partial charge in [-0.1, -0.05) is 13.8 Å². The zero-order chi connectivity index (χ0) is 6.91. The van der Waals surface area contributed by atoms with Crippen LogP contribution >= 0.6 is 0 Å². The summed E-state index contributed by atoms with van der Waals surface area (Å²) < 4.78 is 0. The smallest absolute Gasteiger partial charge is 0.0180 e. The maximum absolute atomic E-state index is 6.04. The van der Waals surface area contributed by atoms with E-state index in [1.54, 1.807) is 0 Å². The lowest BCUT2D eigenvalue weighted by molar-refractivity contribution is 0.360. The minimum Gasteiger partial charge on any atom is -0.325 e. The third kappa shape index (κ3) is 1.26. The Balaban J connectivity index is 2.43. The predicted octanol–water partition coefficient (Wildman–Crippen LogP) is 1.73. The van der Waals surface area contributed by atoms with Crippen LogP contribution in [0.3, 0.4) is 0 Å². The van der Waals surface area contributed by atoms with Gasteiger partial charge >= 0.3 is 0 Å². The van der Waals surface area contributed by atoms with Crippen molar-refractivity contribution >= 4 is 0 Å². The van der Waals surface area contributed by atoms with Crippen LogP contribution in [0.15, 0.2) is 0 Å². The predicted molar refractivity (Wildman–Crippen MR) is 39.9 cm³/mol. The molecule has 1 heteroatoms. The third-order valence-electron chi connectivity index (χ3n) is 2.51. The Bertz CT molecular complexity index is 90.7. The molecule has 1 unspecified atom stereocenters. The fourth-order valence-corrected chi connectivity index (χ4v) is 1.33. The van der Waals surface area contributed by atoms with Crippen LogP contribution < -0.4 is 5.73 Å². The van der Waals surface area contributed by atoms with E-state index < -0.39 is 0 Å². The Morgan fingerprint density at radius 2 is 2.22 bits per heavy atom. The molecule has 1 aliphatic rings. The van der Waals surface area contributed by atoms with Crippen molar-refractivity contribution in [1.82, 2.24) is 0 Å². The molecule has 1 atom stereocenters. The van der Waals surface area contributed by atoms with Gasteiger partial charge in [-0.2, -0.15) is 0 Å². The molecular formula is C8H16N. The van der Waals surface area contributed by atoms with Crippen LogP contribution in [-0.2, 0) is 0 Å². The molecule has 53 valence electrons. The van der Waals surface area contributed by atoms with Gasteiger partial charge in [-0.25, -0.2) is 0 Å². The lowest BCUT2D eigenvalue weighted by atomic mass is 9.89. The van der Waals surface area contributed by atoms with Crippen LogP contribution in [0.2, 0.25) is 0 Å². The maximum atomic E-state index is 6.04. The third-order valence-corrected chi connectivity index (χ3v) is 2.51. The first-order valence-electron chi connectivity index (χ1n) is 3.81. The van der Waals surface area contributed by atoms with E-state index in [9.17, 15) is 0 Å². The van der Waals surface area contributed by atoms with Gasteiger partial charge in [-0.15, -0.1) is 0 Å². The van der Waals surface area contributed by atoms with E-state index in [1.807, 2.05) is 0 Å². The molecular weight excluding hydrogens is 110 g/mol. The molecule has 0 aromatic rings. The van der Waals surface area contributed by atoms with Crippen molar-refractivity contribution < 1.29 is 0 Å². The maximum Gasteiger partial charge on any atom is 0.0180 e. The molecule has 0 heterocycles. The lowest BCUT2D eigenvalue weighted by Crippen LogP contribution is -2.40. The highest BCUT2D eigenvalue weighted by Gasteiger charge is 2.38. The zero-order valence-corrected chi connectivity index (χ0v) is 6.19. The molecule has 0 aromatic heterocycles. The largest absolute Gasteiger partial charge is 0.325 e. The number of hydrogen-bond acceptors (Lipinski definition) is 1. The first-order valence-corrected chi connectivity index (χ1v) is 3.81. The van der Waals surface area contributed by atoms with E-state index in [0.29, 0.717) is 0 Å². The molecule has 1 aliphatic carbocycles. The molecule has 1 rings (SSSR count). The van der Waals surface area contributed by atoms with Crippen LogP contribution in [0, 0.1) is 12.8 Å². The van der Waals surface area contributed by atoms with Crippen molar-refractivity contribution in [2.45, 2.75) is 38.1 Å². The summed E-state index contributed by atoms with van der Waals surface area (Å²) in [6, 6.07) is 0. The van der Waals surface area contributed by atoms with Gasteiger partial charge in [0.1, 0.15) is 0 Å². The minimum atomic E-state index is 0.0833. The van der Waals surface area contributed by atoms with Gasteiger partial charge < -0.3 is 5.73 Å². The minimum absolute atomic E-state index is 0.0833. The Hall–Kier alpha value is -0.0400. The number of hydrogen-bond donors (Lipinski definition) is 1. The number of nitrogens with two attached hydrogens (primary N) is 1. The van der Waals surface area contributed by atoms with Crippen LogP contribution in [0.1, 0.15) is 32.6 Å². The summed E-state index contributed by atoms with van der Waals surface area (Å²) in [4.78, 5) is 0. The number of rotatable bonds is 3. The van der Waals surface area contributed by atoms with E-state index in [2.05, 4.69) is 13.8 Å². The monoisotopic (exact) mass is 126 g/mol. The summed E-state index contributed by atoms with van der Waals surface area (Å²) in [5.74, 6) is 0.792. The second-order valence-corrected chi connectivity index (χ2v) is 3.11. The fraction of sp³-hybridized carbons (Fsp3) is 0.875. The molecule has 0 bridgehead atoms. The Morgan fingerprint density at radius 1 is 1.67 bits per heavy atom. The first kappa shape index (κ1) is 7.07. The molecule has 0 amide bonds. The van der Waals surface area contributed by atoms with Gasteiger partial charge in [0.05, 0.1) is 0 Å². The van der Waals surface area contributed by atoms with Gasteiger partial charge in [0.2, 0.25) is 0 Å². The van der Waals surface area contributed by atoms with Crippen molar-refractivity contribution in [3.8, 4) is 0 Å². The summed E-state index contributed by atoms with van der Waals surface area (Å²) in [7, 11) is 0. The van der Waals surface area contributed by atoms with Crippen molar-refractivity contribution in [3.63, 3.8) is 0 Å². The molecule has 2 N–H and O–H groups in total. The van der Waals surface area contributed by atoms with Gasteiger partial charge in [-0.3, -0.25) is 0 Å². The van der Waals surface area contributed by atoms with Crippen molar-refractivity contribution in [1.29, 1.82) is 0 Å². The molecule has 0 aliphatic heterocycles. The van der Waals surface area contributed by atoms with Crippen molar-refractivity contribution in [3.05, 3.63) is 6.92 Å². The standard InChI is InChI=1S/C8H16N/c1-3-8(9,4-2)7-5-6-7/h7H,1,3-6,9H2,2H3. The van der Waals surface area contributed by atoms with Gasteiger partial charge in [-0.05, 0) is 31.6 Å². The summed E-state index contributed by atoms with van der Waals surface area (Å²) in [6.07, 6.45) is 4.65. The van der Waals surface area contributed by atoms with Crippen LogP contribution in [0.4, 0.5) is 0 Å². The van der Waals surface area contributed by atoms with Gasteiger partial charge in [0.25, 0.3) is 0 Å². The highest BCUT2D eigenvalue weighted by Crippen LogP contribution is 2.41. The fourth-order valence-electron chi connectivity index (χ4n) is 1.33. The average molecular weight is 126 g/mol. The first-order chi connectivity index (χ1) is 4.23. The van der Waals surface area contributed by atoms with Gasteiger partial charge in [0, 0.05) is 5.54 Å². The topological polar surface area (TPSA) is 26.0 Å². The average Bonchev–Trinajstić information content (AvgIpc) is 2.68. The molecule has 1 radical (unpaired) electrons. The van der Waals surface area contributed by atoms with Crippen LogP contribution in [0.5, 0.6) is 0 Å². The summed E-state index contributed by atoms with van der Waals surface area (Å²) in [6.45, 7) is 6.02. The molecule has 0 spiro atoms. The summed E-state index contributed by atoms with van der Waals surface area (Å²) in [5.41, 5.74) is 6.12. The van der Waals surface area contributed by atoms with E-state index in [-0.39, 0.29) is 5.54 Å². The Morgan fingerprint density at radius 3 is 2.33 bits per heavy atom. The van der Waals surface area contributed by atoms with Crippen molar-refractivity contribution in [2.24, 2.45) is 11.7 Å². The quantitative estimate of drug-likeness (QED) is 0.612. The Kier molecular flexibility index (Phi) is 1.80. The second-order valence-electron chi connectivity index (χ2n) is 3.11. The highest BCUT2D eigenvalue weighted by atomic mass is 14.8. The van der Waals surface area contributed by atoms with E-state index in [0.717, 1.165) is 18.8 Å². The van der Waals surface area contributed by atoms with Crippen LogP contribution in [0.25, 0.3) is 0 Å². The molecule has 1 saturated carbocycles. The second kappa shape index (κ2) is 2.30. The van der Waals surface area contributed by atoms with Gasteiger partial charge in [0.15, 0.2) is 0 Å². The molecule has 1 fully saturated rings. The van der Waals surface area contributed by atoms with Crippen molar-refractivity contribution in [2.75, 3.05) is 0 Å². The van der Waals surface area contributed by atoms with E-state index >= 15 is 0 Å². The highest BCUT2D eigenvalue weighted by molar-refractivity contribution is 4.97. The van der Waals surface area contributed by atoms with E-state index in [1.165, 1.54) is 12.8 Å². The summed E-state index contributed by atoms with van der Waals surface area (Å²) in [5, 5.41) is 0.